The van der Waals surface area contributed by atoms with Crippen molar-refractivity contribution >= 4 is 27.4 Å². The fraction of sp³-hybridized carbons (Fsp3) is 0.538. The van der Waals surface area contributed by atoms with Crippen LogP contribution in [-0.2, 0) is 6.54 Å². The Kier molecular flexibility index (Phi) is 4.76. The van der Waals surface area contributed by atoms with Crippen LogP contribution in [-0.4, -0.2) is 28.2 Å². The Hall–Kier alpha value is -1.14. The maximum absolute atomic E-state index is 5.65. The van der Waals surface area contributed by atoms with Crippen LogP contribution in [0.1, 0.15) is 31.9 Å². The third kappa shape index (κ3) is 3.06. The van der Waals surface area contributed by atoms with Gasteiger partial charge in [-0.25, -0.2) is 9.50 Å². The molecule has 2 heterocycles. The number of hydrogen-bond acceptors (Lipinski definition) is 4. The summed E-state index contributed by atoms with van der Waals surface area (Å²) in [6, 6.07) is 3.98. The Labute approximate surface area is 121 Å². The molecule has 0 aromatic carbocycles. The second-order valence-corrected chi connectivity index (χ2v) is 5.39. The van der Waals surface area contributed by atoms with Crippen molar-refractivity contribution in [1.82, 2.24) is 14.6 Å². The molecule has 0 saturated heterocycles. The second-order valence-electron chi connectivity index (χ2n) is 4.64. The molecule has 5 nitrogen and oxygen atoms in total. The molecule has 0 spiro atoms. The number of unbranched alkanes of at least 4 members (excludes halogenated alkanes) is 2. The van der Waals surface area contributed by atoms with Crippen LogP contribution in [0.15, 0.2) is 16.7 Å². The number of rotatable bonds is 6. The molecule has 0 aliphatic carbocycles. The molecular formula is C13H20BrN5. The smallest absolute Gasteiger partial charge is 0.155 e. The molecule has 0 amide bonds. The van der Waals surface area contributed by atoms with E-state index in [4.69, 9.17) is 5.73 Å². The van der Waals surface area contributed by atoms with Crippen LogP contribution < -0.4 is 10.6 Å². The van der Waals surface area contributed by atoms with Crippen LogP contribution in [0.25, 0.3) is 5.65 Å². The summed E-state index contributed by atoms with van der Waals surface area (Å²) in [6.45, 7) is 3.63. The molecule has 104 valence electrons. The topological polar surface area (TPSA) is 59.5 Å². The van der Waals surface area contributed by atoms with Gasteiger partial charge < -0.3 is 10.6 Å². The number of anilines is 1. The van der Waals surface area contributed by atoms with Gasteiger partial charge in [-0.1, -0.05) is 19.8 Å². The van der Waals surface area contributed by atoms with Crippen molar-refractivity contribution in [2.75, 3.05) is 18.5 Å². The van der Waals surface area contributed by atoms with Crippen molar-refractivity contribution in [1.29, 1.82) is 0 Å². The van der Waals surface area contributed by atoms with E-state index in [1.54, 1.807) is 4.52 Å². The number of nitrogens with two attached hydrogens (primary N) is 1. The molecule has 2 N–H and O–H groups in total. The molecule has 0 aliphatic rings. The maximum atomic E-state index is 5.65. The van der Waals surface area contributed by atoms with E-state index in [2.05, 4.69) is 44.9 Å². The largest absolute Gasteiger partial charge is 0.358 e. The van der Waals surface area contributed by atoms with Gasteiger partial charge in [-0.05, 0) is 34.5 Å². The van der Waals surface area contributed by atoms with Crippen LogP contribution in [0.2, 0.25) is 0 Å². The first kappa shape index (κ1) is 14.3. The maximum Gasteiger partial charge on any atom is 0.155 e. The highest BCUT2D eigenvalue weighted by atomic mass is 79.9. The van der Waals surface area contributed by atoms with E-state index >= 15 is 0 Å². The number of hydrogen-bond donors (Lipinski definition) is 1. The lowest BCUT2D eigenvalue weighted by Crippen LogP contribution is -2.20. The molecule has 2 aromatic heterocycles. The van der Waals surface area contributed by atoms with Gasteiger partial charge in [0, 0.05) is 20.1 Å². The fourth-order valence-corrected chi connectivity index (χ4v) is 2.50. The third-order valence-electron chi connectivity index (χ3n) is 3.16. The van der Waals surface area contributed by atoms with E-state index in [0.717, 1.165) is 28.3 Å². The monoisotopic (exact) mass is 325 g/mol. The lowest BCUT2D eigenvalue weighted by Gasteiger charge is -2.17. The summed E-state index contributed by atoms with van der Waals surface area (Å²) in [6.07, 6.45) is 3.66. The zero-order chi connectivity index (χ0) is 13.8. The Bertz CT molecular complexity index is 551. The van der Waals surface area contributed by atoms with Crippen LogP contribution in [0.3, 0.4) is 0 Å². The Balaban J connectivity index is 2.22. The van der Waals surface area contributed by atoms with Crippen molar-refractivity contribution in [3.63, 3.8) is 0 Å². The molecule has 0 radical (unpaired) electrons. The zero-order valence-corrected chi connectivity index (χ0v) is 13.0. The van der Waals surface area contributed by atoms with Gasteiger partial charge in [0.1, 0.15) is 10.4 Å². The highest BCUT2D eigenvalue weighted by Crippen LogP contribution is 2.20. The van der Waals surface area contributed by atoms with Gasteiger partial charge in [-0.2, -0.15) is 0 Å². The Morgan fingerprint density at radius 2 is 2.16 bits per heavy atom. The average molecular weight is 326 g/mol. The van der Waals surface area contributed by atoms with Crippen LogP contribution >= 0.6 is 15.9 Å². The standard InChI is InChI=1S/C13H20BrN5/c1-3-4-5-8-18(2)12-7-6-11-16-10(9-15)13(14)19(11)17-12/h6-7H,3-5,8-9,15H2,1-2H3. The van der Waals surface area contributed by atoms with Crippen molar-refractivity contribution in [3.8, 4) is 0 Å². The molecule has 0 bridgehead atoms. The summed E-state index contributed by atoms with van der Waals surface area (Å²) in [5.74, 6) is 0.949. The van der Waals surface area contributed by atoms with Crippen molar-refractivity contribution < 1.29 is 0 Å². The number of aromatic nitrogens is 3. The fourth-order valence-electron chi connectivity index (χ4n) is 1.99. The average Bonchev–Trinajstić information content (AvgIpc) is 2.75. The van der Waals surface area contributed by atoms with Gasteiger partial charge in [0.05, 0.1) is 5.69 Å². The molecule has 0 atom stereocenters. The van der Waals surface area contributed by atoms with Gasteiger partial charge in [0.15, 0.2) is 5.65 Å². The van der Waals surface area contributed by atoms with Crippen molar-refractivity contribution in [2.45, 2.75) is 32.7 Å². The summed E-state index contributed by atoms with van der Waals surface area (Å²) in [7, 11) is 2.07. The van der Waals surface area contributed by atoms with Crippen LogP contribution in [0.4, 0.5) is 5.82 Å². The van der Waals surface area contributed by atoms with Crippen molar-refractivity contribution in [2.24, 2.45) is 5.73 Å². The minimum Gasteiger partial charge on any atom is -0.358 e. The molecule has 0 saturated carbocycles. The van der Waals surface area contributed by atoms with E-state index in [1.807, 2.05) is 12.1 Å². The molecule has 0 aliphatic heterocycles. The van der Waals surface area contributed by atoms with E-state index in [9.17, 15) is 0 Å². The number of fused-ring (bicyclic) bond motifs is 1. The Morgan fingerprint density at radius 1 is 1.37 bits per heavy atom. The van der Waals surface area contributed by atoms with E-state index in [1.165, 1.54) is 19.3 Å². The van der Waals surface area contributed by atoms with E-state index < -0.39 is 0 Å². The first-order chi connectivity index (χ1) is 9.17. The molecule has 0 fully saturated rings. The minimum atomic E-state index is 0.408. The third-order valence-corrected chi connectivity index (χ3v) is 3.95. The summed E-state index contributed by atoms with van der Waals surface area (Å²) in [5, 5.41) is 4.60. The van der Waals surface area contributed by atoms with Gasteiger partial charge in [-0.3, -0.25) is 0 Å². The number of halogens is 1. The van der Waals surface area contributed by atoms with Gasteiger partial charge in [0.25, 0.3) is 0 Å². The highest BCUT2D eigenvalue weighted by Gasteiger charge is 2.11. The minimum absolute atomic E-state index is 0.408. The molecule has 2 aromatic rings. The van der Waals surface area contributed by atoms with Gasteiger partial charge >= 0.3 is 0 Å². The number of imidazole rings is 1. The SMILES string of the molecule is CCCCCN(C)c1ccc2nc(CN)c(Br)n2n1. The summed E-state index contributed by atoms with van der Waals surface area (Å²) < 4.78 is 2.64. The van der Waals surface area contributed by atoms with Crippen molar-refractivity contribution in [3.05, 3.63) is 22.4 Å². The molecule has 6 heteroatoms. The Morgan fingerprint density at radius 3 is 2.84 bits per heavy atom. The first-order valence-electron chi connectivity index (χ1n) is 6.62. The van der Waals surface area contributed by atoms with E-state index in [-0.39, 0.29) is 0 Å². The van der Waals surface area contributed by atoms with Gasteiger partial charge in [-0.15, -0.1) is 5.10 Å². The highest BCUT2D eigenvalue weighted by molar-refractivity contribution is 9.10. The zero-order valence-electron chi connectivity index (χ0n) is 11.4. The van der Waals surface area contributed by atoms with Crippen LogP contribution in [0.5, 0.6) is 0 Å². The normalized spacial score (nSPS) is 11.2. The predicted molar refractivity (Wildman–Crippen MR) is 81.4 cm³/mol. The van der Waals surface area contributed by atoms with E-state index in [0.29, 0.717) is 6.54 Å². The molecule has 19 heavy (non-hydrogen) atoms. The number of nitrogens with zero attached hydrogens (tertiary/aromatic N) is 4. The predicted octanol–water partition coefficient (Wildman–Crippen LogP) is 2.58. The summed E-state index contributed by atoms with van der Waals surface area (Å²) >= 11 is 3.50. The lowest BCUT2D eigenvalue weighted by molar-refractivity contribution is 0.696. The van der Waals surface area contributed by atoms with Gasteiger partial charge in [0.2, 0.25) is 0 Å². The molecule has 2 rings (SSSR count). The van der Waals surface area contributed by atoms with Crippen LogP contribution in [0, 0.1) is 0 Å². The summed E-state index contributed by atoms with van der Waals surface area (Å²) in [5.41, 5.74) is 7.30. The quantitative estimate of drug-likeness (QED) is 0.829. The lowest BCUT2D eigenvalue weighted by atomic mass is 10.2. The molecule has 0 unspecified atom stereocenters. The summed E-state index contributed by atoms with van der Waals surface area (Å²) in [4.78, 5) is 6.59. The second kappa shape index (κ2) is 6.34. The first-order valence-corrected chi connectivity index (χ1v) is 7.42. The molecular weight excluding hydrogens is 306 g/mol.